The second-order valence-electron chi connectivity index (χ2n) is 5.94. The Labute approximate surface area is 128 Å². The van der Waals surface area contributed by atoms with Gasteiger partial charge in [-0.25, -0.2) is 0 Å². The number of hydrogen-bond donors (Lipinski definition) is 1. The number of amides is 2. The van der Waals surface area contributed by atoms with Gasteiger partial charge >= 0.3 is 0 Å². The first-order valence-corrected chi connectivity index (χ1v) is 8.16. The lowest BCUT2D eigenvalue weighted by molar-refractivity contribution is -0.122. The van der Waals surface area contributed by atoms with Crippen molar-refractivity contribution >= 4 is 22.6 Å². The number of hydrogen-bond acceptors (Lipinski definition) is 3. The molecule has 0 aliphatic heterocycles. The van der Waals surface area contributed by atoms with Crippen molar-refractivity contribution < 1.29 is 13.8 Å². The normalized spacial score (nSPS) is 12.6. The van der Waals surface area contributed by atoms with Crippen molar-refractivity contribution in [3.05, 3.63) is 29.8 Å². The molecule has 21 heavy (non-hydrogen) atoms. The summed E-state index contributed by atoms with van der Waals surface area (Å²) >= 11 is 0. The molecule has 5 nitrogen and oxygen atoms in total. The highest BCUT2D eigenvalue weighted by molar-refractivity contribution is 7.84. The molecule has 1 aromatic carbocycles. The van der Waals surface area contributed by atoms with Crippen molar-refractivity contribution in [2.75, 3.05) is 19.8 Å². The van der Waals surface area contributed by atoms with E-state index in [0.717, 1.165) is 0 Å². The van der Waals surface area contributed by atoms with Crippen molar-refractivity contribution in [3.8, 4) is 0 Å². The number of carbonyl (C=O) groups is 2. The SMILES string of the molecule is CN(CC(=O)NC(C)(C)C)C(=O)c1ccc(S(C)=O)cc1. The Balaban J connectivity index is 2.70. The zero-order valence-electron chi connectivity index (χ0n) is 13.1. The Morgan fingerprint density at radius 1 is 1.19 bits per heavy atom. The Hall–Kier alpha value is -1.69. The molecule has 1 N–H and O–H groups in total. The first-order valence-electron chi connectivity index (χ1n) is 6.60. The Kier molecular flexibility index (Phi) is 5.66. The first-order chi connectivity index (χ1) is 9.60. The van der Waals surface area contributed by atoms with E-state index >= 15 is 0 Å². The largest absolute Gasteiger partial charge is 0.350 e. The number of nitrogens with zero attached hydrogens (tertiary/aromatic N) is 1. The third-order valence-corrected chi connectivity index (χ3v) is 3.61. The van der Waals surface area contributed by atoms with E-state index in [2.05, 4.69) is 5.32 Å². The van der Waals surface area contributed by atoms with Gasteiger partial charge in [0.05, 0.1) is 6.54 Å². The lowest BCUT2D eigenvalue weighted by atomic mass is 10.1. The van der Waals surface area contributed by atoms with Crippen molar-refractivity contribution in [2.45, 2.75) is 31.2 Å². The van der Waals surface area contributed by atoms with E-state index in [0.29, 0.717) is 10.5 Å². The van der Waals surface area contributed by atoms with Gasteiger partial charge in [-0.05, 0) is 45.0 Å². The summed E-state index contributed by atoms with van der Waals surface area (Å²) in [5.74, 6) is -0.447. The summed E-state index contributed by atoms with van der Waals surface area (Å²) in [5, 5.41) is 2.81. The highest BCUT2D eigenvalue weighted by Crippen LogP contribution is 2.09. The van der Waals surface area contributed by atoms with E-state index < -0.39 is 10.8 Å². The van der Waals surface area contributed by atoms with Gasteiger partial charge in [0.2, 0.25) is 5.91 Å². The van der Waals surface area contributed by atoms with Crippen LogP contribution in [0, 0.1) is 0 Å². The van der Waals surface area contributed by atoms with Gasteiger partial charge in [-0.15, -0.1) is 0 Å². The van der Waals surface area contributed by atoms with Crippen LogP contribution in [0.15, 0.2) is 29.2 Å². The number of benzene rings is 1. The van der Waals surface area contributed by atoms with E-state index in [9.17, 15) is 13.8 Å². The van der Waals surface area contributed by atoms with Crippen LogP contribution in [-0.4, -0.2) is 46.3 Å². The number of rotatable bonds is 4. The van der Waals surface area contributed by atoms with Gasteiger partial charge in [0.15, 0.2) is 0 Å². The maximum absolute atomic E-state index is 12.2. The summed E-state index contributed by atoms with van der Waals surface area (Å²) in [6.07, 6.45) is 1.58. The summed E-state index contributed by atoms with van der Waals surface area (Å²) < 4.78 is 11.3. The molecule has 0 bridgehead atoms. The van der Waals surface area contributed by atoms with Crippen LogP contribution in [0.4, 0.5) is 0 Å². The number of carbonyl (C=O) groups excluding carboxylic acids is 2. The molecule has 0 aliphatic rings. The third kappa shape index (κ3) is 5.67. The molecule has 1 unspecified atom stereocenters. The van der Waals surface area contributed by atoms with Crippen LogP contribution in [0.2, 0.25) is 0 Å². The van der Waals surface area contributed by atoms with E-state index in [-0.39, 0.29) is 23.9 Å². The monoisotopic (exact) mass is 310 g/mol. The standard InChI is InChI=1S/C15H22N2O3S/c1-15(2,3)16-13(18)10-17(4)14(19)11-6-8-12(9-7-11)21(5)20/h6-9H,10H2,1-5H3,(H,16,18). The summed E-state index contributed by atoms with van der Waals surface area (Å²) in [6.45, 7) is 5.65. The molecule has 116 valence electrons. The fourth-order valence-electron chi connectivity index (χ4n) is 1.75. The Bertz CT molecular complexity index is 547. The van der Waals surface area contributed by atoms with Crippen molar-refractivity contribution in [3.63, 3.8) is 0 Å². The molecule has 6 heteroatoms. The predicted molar refractivity (Wildman–Crippen MR) is 83.6 cm³/mol. The Morgan fingerprint density at radius 2 is 1.71 bits per heavy atom. The van der Waals surface area contributed by atoms with Crippen LogP contribution in [0.25, 0.3) is 0 Å². The van der Waals surface area contributed by atoms with Crippen LogP contribution in [0.5, 0.6) is 0 Å². The zero-order chi connectivity index (χ0) is 16.2. The minimum absolute atomic E-state index is 0.00242. The van der Waals surface area contributed by atoms with Crippen molar-refractivity contribution in [1.82, 2.24) is 10.2 Å². The third-order valence-electron chi connectivity index (χ3n) is 2.68. The predicted octanol–water partition coefficient (Wildman–Crippen LogP) is 1.41. The summed E-state index contributed by atoms with van der Waals surface area (Å²) in [6, 6.07) is 6.56. The highest BCUT2D eigenvalue weighted by atomic mass is 32.2. The Morgan fingerprint density at radius 3 is 2.14 bits per heavy atom. The van der Waals surface area contributed by atoms with Gasteiger partial charge < -0.3 is 10.2 Å². The molecule has 0 saturated carbocycles. The molecule has 1 atom stereocenters. The molecular weight excluding hydrogens is 288 g/mol. The smallest absolute Gasteiger partial charge is 0.254 e. The molecule has 0 heterocycles. The quantitative estimate of drug-likeness (QED) is 0.914. The second-order valence-corrected chi connectivity index (χ2v) is 7.32. The van der Waals surface area contributed by atoms with Crippen LogP contribution < -0.4 is 5.32 Å². The fraction of sp³-hybridized carbons (Fsp3) is 0.467. The van der Waals surface area contributed by atoms with E-state index in [4.69, 9.17) is 0 Å². The summed E-state index contributed by atoms with van der Waals surface area (Å²) in [5.41, 5.74) is 0.142. The lowest BCUT2D eigenvalue weighted by Gasteiger charge is -2.23. The first kappa shape index (κ1) is 17.4. The van der Waals surface area contributed by atoms with Crippen LogP contribution in [-0.2, 0) is 15.6 Å². The molecule has 0 fully saturated rings. The van der Waals surface area contributed by atoms with Crippen LogP contribution in [0.3, 0.4) is 0 Å². The molecular formula is C15H22N2O3S. The van der Waals surface area contributed by atoms with Gasteiger partial charge in [-0.3, -0.25) is 13.8 Å². The average molecular weight is 310 g/mol. The average Bonchev–Trinajstić information content (AvgIpc) is 2.35. The van der Waals surface area contributed by atoms with Gasteiger partial charge in [0, 0.05) is 40.1 Å². The van der Waals surface area contributed by atoms with Gasteiger partial charge in [0.25, 0.3) is 5.91 Å². The maximum atomic E-state index is 12.2. The fourth-order valence-corrected chi connectivity index (χ4v) is 2.27. The molecule has 0 radical (unpaired) electrons. The topological polar surface area (TPSA) is 66.5 Å². The van der Waals surface area contributed by atoms with Crippen LogP contribution in [0.1, 0.15) is 31.1 Å². The highest BCUT2D eigenvalue weighted by Gasteiger charge is 2.18. The number of nitrogens with one attached hydrogen (secondary N) is 1. The minimum Gasteiger partial charge on any atom is -0.350 e. The molecule has 1 rings (SSSR count). The molecule has 0 saturated heterocycles. The van der Waals surface area contributed by atoms with E-state index in [1.807, 2.05) is 20.8 Å². The second kappa shape index (κ2) is 6.85. The van der Waals surface area contributed by atoms with Crippen LogP contribution >= 0.6 is 0 Å². The maximum Gasteiger partial charge on any atom is 0.254 e. The van der Waals surface area contributed by atoms with E-state index in [1.165, 1.54) is 4.90 Å². The molecule has 2 amide bonds. The van der Waals surface area contributed by atoms with Crippen molar-refractivity contribution in [1.29, 1.82) is 0 Å². The molecule has 0 aromatic heterocycles. The molecule has 1 aromatic rings. The van der Waals surface area contributed by atoms with Gasteiger partial charge in [0.1, 0.15) is 0 Å². The minimum atomic E-state index is -1.07. The van der Waals surface area contributed by atoms with Gasteiger partial charge in [-0.1, -0.05) is 0 Å². The summed E-state index contributed by atoms with van der Waals surface area (Å²) in [4.78, 5) is 26.0. The van der Waals surface area contributed by atoms with E-state index in [1.54, 1.807) is 37.6 Å². The summed E-state index contributed by atoms with van der Waals surface area (Å²) in [7, 11) is 0.509. The lowest BCUT2D eigenvalue weighted by Crippen LogP contribution is -2.46. The molecule has 0 aliphatic carbocycles. The van der Waals surface area contributed by atoms with Gasteiger partial charge in [-0.2, -0.15) is 0 Å². The zero-order valence-corrected chi connectivity index (χ0v) is 13.9. The molecule has 0 spiro atoms. The van der Waals surface area contributed by atoms with Crippen molar-refractivity contribution in [2.24, 2.45) is 0 Å². The number of likely N-dealkylation sites (N-methyl/N-ethyl adjacent to an activating group) is 1.